The zero-order valence-electron chi connectivity index (χ0n) is 14.3. The number of fused-ring (bicyclic) bond motifs is 1. The second kappa shape index (κ2) is 6.40. The normalized spacial score (nSPS) is 12.2. The third-order valence-electron chi connectivity index (χ3n) is 4.45. The molecule has 4 rings (SSSR count). The molecule has 3 aromatic carbocycles. The van der Waals surface area contributed by atoms with Crippen molar-refractivity contribution in [3.63, 3.8) is 0 Å². The zero-order chi connectivity index (χ0) is 17.2. The molecule has 4 nitrogen and oxygen atoms in total. The Bertz CT molecular complexity index is 1010. The van der Waals surface area contributed by atoms with Crippen molar-refractivity contribution in [1.29, 1.82) is 0 Å². The van der Waals surface area contributed by atoms with Gasteiger partial charge in [-0.05, 0) is 30.7 Å². The summed E-state index contributed by atoms with van der Waals surface area (Å²) in [5.74, 6) is 0.840. The Morgan fingerprint density at radius 2 is 1.60 bits per heavy atom. The van der Waals surface area contributed by atoms with E-state index in [0.717, 1.165) is 27.9 Å². The van der Waals surface area contributed by atoms with Crippen LogP contribution in [0.5, 0.6) is 5.75 Å². The molecule has 0 N–H and O–H groups in total. The molecule has 4 heteroatoms. The van der Waals surface area contributed by atoms with Gasteiger partial charge in [-0.2, -0.15) is 0 Å². The van der Waals surface area contributed by atoms with Crippen molar-refractivity contribution >= 4 is 11.0 Å². The molecule has 0 spiro atoms. The Kier molecular flexibility index (Phi) is 3.94. The molecule has 0 radical (unpaired) electrons. The van der Waals surface area contributed by atoms with Crippen molar-refractivity contribution in [2.75, 3.05) is 7.11 Å². The number of methoxy groups -OCH3 is 1. The van der Waals surface area contributed by atoms with E-state index in [1.165, 1.54) is 5.56 Å². The summed E-state index contributed by atoms with van der Waals surface area (Å²) in [5, 5.41) is 8.79. The molecule has 124 valence electrons. The maximum atomic E-state index is 5.62. The molecular formula is C21H19N3O. The zero-order valence-corrected chi connectivity index (χ0v) is 14.3. The summed E-state index contributed by atoms with van der Waals surface area (Å²) < 4.78 is 7.59. The highest BCUT2D eigenvalue weighted by atomic mass is 16.5. The van der Waals surface area contributed by atoms with Crippen molar-refractivity contribution in [1.82, 2.24) is 15.0 Å². The minimum absolute atomic E-state index is 0.107. The minimum atomic E-state index is -0.107. The van der Waals surface area contributed by atoms with E-state index in [4.69, 9.17) is 4.74 Å². The van der Waals surface area contributed by atoms with Gasteiger partial charge in [-0.3, -0.25) is 0 Å². The van der Waals surface area contributed by atoms with Crippen LogP contribution in [-0.2, 0) is 0 Å². The second-order valence-electron chi connectivity index (χ2n) is 6.08. The smallest absolute Gasteiger partial charge is 0.124 e. The first kappa shape index (κ1) is 15.4. The molecule has 0 aliphatic rings. The minimum Gasteiger partial charge on any atom is -0.496 e. The van der Waals surface area contributed by atoms with E-state index in [-0.39, 0.29) is 6.04 Å². The van der Waals surface area contributed by atoms with Gasteiger partial charge in [0.1, 0.15) is 17.3 Å². The first-order valence-electron chi connectivity index (χ1n) is 8.27. The molecule has 1 heterocycles. The van der Waals surface area contributed by atoms with Crippen molar-refractivity contribution < 1.29 is 4.74 Å². The maximum absolute atomic E-state index is 5.62. The standard InChI is InChI=1S/C21H19N3O/c1-15-11-13-16(14-12-15)21(17-7-3-6-10-20(17)25-2)24-19-9-5-4-8-18(19)22-23-24/h3-14,21H,1-2H3. The third kappa shape index (κ3) is 2.76. The van der Waals surface area contributed by atoms with Crippen LogP contribution in [0.4, 0.5) is 0 Å². The summed E-state index contributed by atoms with van der Waals surface area (Å²) in [5.41, 5.74) is 5.31. The van der Waals surface area contributed by atoms with Gasteiger partial charge in [0.15, 0.2) is 0 Å². The molecule has 0 saturated heterocycles. The molecule has 0 bridgehead atoms. The number of para-hydroxylation sites is 2. The average molecular weight is 329 g/mol. The van der Waals surface area contributed by atoms with Crippen LogP contribution in [0.3, 0.4) is 0 Å². The highest BCUT2D eigenvalue weighted by Gasteiger charge is 2.23. The van der Waals surface area contributed by atoms with Gasteiger partial charge in [-0.15, -0.1) is 5.10 Å². The molecular weight excluding hydrogens is 310 g/mol. The Labute approximate surface area is 146 Å². The molecule has 1 aromatic heterocycles. The SMILES string of the molecule is COc1ccccc1C(c1ccc(C)cc1)n1nnc2ccccc21. The van der Waals surface area contributed by atoms with Crippen LogP contribution in [-0.4, -0.2) is 22.1 Å². The molecule has 1 unspecified atom stereocenters. The Balaban J connectivity index is 1.97. The molecule has 0 amide bonds. The van der Waals surface area contributed by atoms with Gasteiger partial charge in [0.05, 0.1) is 12.6 Å². The van der Waals surface area contributed by atoms with Crippen LogP contribution in [0.15, 0.2) is 72.8 Å². The van der Waals surface area contributed by atoms with Gasteiger partial charge in [0, 0.05) is 5.56 Å². The van der Waals surface area contributed by atoms with E-state index in [0.29, 0.717) is 0 Å². The quantitative estimate of drug-likeness (QED) is 0.557. The fourth-order valence-electron chi connectivity index (χ4n) is 3.17. The number of aromatic nitrogens is 3. The lowest BCUT2D eigenvalue weighted by molar-refractivity contribution is 0.403. The largest absolute Gasteiger partial charge is 0.496 e. The molecule has 0 saturated carbocycles. The topological polar surface area (TPSA) is 39.9 Å². The monoisotopic (exact) mass is 329 g/mol. The van der Waals surface area contributed by atoms with Crippen LogP contribution in [0.2, 0.25) is 0 Å². The maximum Gasteiger partial charge on any atom is 0.124 e. The molecule has 0 fully saturated rings. The average Bonchev–Trinajstić information content (AvgIpc) is 3.08. The van der Waals surface area contributed by atoms with Crippen molar-refractivity contribution in [3.8, 4) is 5.75 Å². The fourth-order valence-corrected chi connectivity index (χ4v) is 3.17. The summed E-state index contributed by atoms with van der Waals surface area (Å²) in [6.07, 6.45) is 0. The van der Waals surface area contributed by atoms with Gasteiger partial charge in [0.25, 0.3) is 0 Å². The van der Waals surface area contributed by atoms with Crippen LogP contribution >= 0.6 is 0 Å². The first-order chi connectivity index (χ1) is 12.3. The summed E-state index contributed by atoms with van der Waals surface area (Å²) >= 11 is 0. The third-order valence-corrected chi connectivity index (χ3v) is 4.45. The van der Waals surface area contributed by atoms with Crippen molar-refractivity contribution in [2.24, 2.45) is 0 Å². The Morgan fingerprint density at radius 1 is 0.880 bits per heavy atom. The van der Waals surface area contributed by atoms with Gasteiger partial charge >= 0.3 is 0 Å². The van der Waals surface area contributed by atoms with Gasteiger partial charge in [-0.25, -0.2) is 4.68 Å². The molecule has 0 aliphatic carbocycles. The van der Waals surface area contributed by atoms with Gasteiger partial charge in [0.2, 0.25) is 0 Å². The summed E-state index contributed by atoms with van der Waals surface area (Å²) in [4.78, 5) is 0. The van der Waals surface area contributed by atoms with Crippen LogP contribution in [0.1, 0.15) is 22.7 Å². The highest BCUT2D eigenvalue weighted by Crippen LogP contribution is 2.34. The number of hydrogen-bond acceptors (Lipinski definition) is 3. The number of nitrogens with zero attached hydrogens (tertiary/aromatic N) is 3. The van der Waals surface area contributed by atoms with Crippen molar-refractivity contribution in [2.45, 2.75) is 13.0 Å². The highest BCUT2D eigenvalue weighted by molar-refractivity contribution is 5.74. The van der Waals surface area contributed by atoms with E-state index in [9.17, 15) is 0 Å². The summed E-state index contributed by atoms with van der Waals surface area (Å²) in [6, 6.07) is 24.5. The number of aryl methyl sites for hydroxylation is 1. The second-order valence-corrected chi connectivity index (χ2v) is 6.08. The van der Waals surface area contributed by atoms with Crippen LogP contribution in [0.25, 0.3) is 11.0 Å². The predicted molar refractivity (Wildman–Crippen MR) is 98.9 cm³/mol. The fraction of sp³-hybridized carbons (Fsp3) is 0.143. The van der Waals surface area contributed by atoms with Crippen LogP contribution in [0, 0.1) is 6.92 Å². The lowest BCUT2D eigenvalue weighted by Crippen LogP contribution is -2.15. The van der Waals surface area contributed by atoms with E-state index < -0.39 is 0 Å². The van der Waals surface area contributed by atoms with Gasteiger partial charge < -0.3 is 4.74 Å². The molecule has 1 atom stereocenters. The van der Waals surface area contributed by atoms with Gasteiger partial charge in [-0.1, -0.05) is 65.4 Å². The molecule has 4 aromatic rings. The van der Waals surface area contributed by atoms with E-state index in [1.54, 1.807) is 7.11 Å². The summed E-state index contributed by atoms with van der Waals surface area (Å²) in [6.45, 7) is 2.09. The van der Waals surface area contributed by atoms with E-state index in [2.05, 4.69) is 47.6 Å². The first-order valence-corrected chi connectivity index (χ1v) is 8.27. The van der Waals surface area contributed by atoms with E-state index in [1.807, 2.05) is 47.1 Å². The number of ether oxygens (including phenoxy) is 1. The summed E-state index contributed by atoms with van der Waals surface area (Å²) in [7, 11) is 1.70. The Morgan fingerprint density at radius 3 is 2.40 bits per heavy atom. The van der Waals surface area contributed by atoms with E-state index >= 15 is 0 Å². The number of hydrogen-bond donors (Lipinski definition) is 0. The number of benzene rings is 3. The predicted octanol–water partition coefficient (Wildman–Crippen LogP) is 4.39. The lowest BCUT2D eigenvalue weighted by atomic mass is 9.97. The molecule has 0 aliphatic heterocycles. The van der Waals surface area contributed by atoms with Crippen molar-refractivity contribution in [3.05, 3.63) is 89.5 Å². The lowest BCUT2D eigenvalue weighted by Gasteiger charge is -2.21. The number of rotatable bonds is 4. The molecule has 25 heavy (non-hydrogen) atoms. The van der Waals surface area contributed by atoms with Crippen LogP contribution < -0.4 is 4.74 Å². The Hall–Kier alpha value is -3.14.